The first kappa shape index (κ1) is 16.0. The lowest BCUT2D eigenvalue weighted by atomic mass is 9.92. The predicted molar refractivity (Wildman–Crippen MR) is 72.9 cm³/mol. The number of nitrogens with zero attached hydrogens (tertiary/aromatic N) is 1. The molecule has 1 amide bonds. The van der Waals surface area contributed by atoms with Gasteiger partial charge in [0.15, 0.2) is 0 Å². The van der Waals surface area contributed by atoms with Gasteiger partial charge in [0.1, 0.15) is 5.54 Å². The van der Waals surface area contributed by atoms with Crippen LogP contribution in [0.5, 0.6) is 0 Å². The number of aliphatic carboxylic acids is 1. The van der Waals surface area contributed by atoms with Gasteiger partial charge >= 0.3 is 12.1 Å². The Kier molecular flexibility index (Phi) is 4.62. The normalized spacial score (nSPS) is 27.4. The Hall–Kier alpha value is -1.08. The van der Waals surface area contributed by atoms with Gasteiger partial charge in [0, 0.05) is 14.5 Å². The molecule has 1 aliphatic heterocycles. The van der Waals surface area contributed by atoms with Crippen molar-refractivity contribution >= 4 is 20.1 Å². The third kappa shape index (κ3) is 3.47. The van der Waals surface area contributed by atoms with Crippen molar-refractivity contribution in [3.63, 3.8) is 0 Å². The molecule has 0 radical (unpaired) electrons. The second-order valence-corrected chi connectivity index (χ2v) is 12.0. The van der Waals surface area contributed by atoms with Gasteiger partial charge in [0.05, 0.1) is 19.8 Å². The number of carboxylic acid groups (broad SMARTS) is 1. The molecule has 110 valence electrons. The minimum atomic E-state index is -1.44. The van der Waals surface area contributed by atoms with Crippen LogP contribution < -0.4 is 0 Å². The van der Waals surface area contributed by atoms with Gasteiger partial charge in [-0.2, -0.15) is 0 Å². The summed E-state index contributed by atoms with van der Waals surface area (Å²) in [6, 6.07) is 0.777. The summed E-state index contributed by atoms with van der Waals surface area (Å²) in [5, 5.41) is 19.3. The van der Waals surface area contributed by atoms with Crippen molar-refractivity contribution in [2.75, 3.05) is 13.7 Å². The standard InChI is InChI=1S/C12H23NO5Si/c1-18-11(17)13-8-9(14)7-12(13,10(15)16)5-6-19(2,3)4/h9,14H,5-8H2,1-4H3,(H,15,16). The lowest BCUT2D eigenvalue weighted by Gasteiger charge is -2.34. The maximum Gasteiger partial charge on any atom is 0.410 e. The van der Waals surface area contributed by atoms with Crippen LogP contribution in [-0.4, -0.2) is 60.5 Å². The Morgan fingerprint density at radius 2 is 2.00 bits per heavy atom. The van der Waals surface area contributed by atoms with E-state index in [2.05, 4.69) is 24.4 Å². The molecule has 6 nitrogen and oxygen atoms in total. The smallest absolute Gasteiger partial charge is 0.410 e. The minimum Gasteiger partial charge on any atom is -0.479 e. The Bertz CT molecular complexity index is 368. The first-order chi connectivity index (χ1) is 8.62. The molecule has 0 saturated carbocycles. The van der Waals surface area contributed by atoms with Crippen LogP contribution >= 0.6 is 0 Å². The predicted octanol–water partition coefficient (Wildman–Crippen LogP) is 1.37. The molecule has 2 unspecified atom stereocenters. The molecule has 1 fully saturated rings. The summed E-state index contributed by atoms with van der Waals surface area (Å²) in [6.07, 6.45) is -1.06. The van der Waals surface area contributed by atoms with Crippen molar-refractivity contribution in [2.24, 2.45) is 0 Å². The second kappa shape index (κ2) is 5.50. The van der Waals surface area contributed by atoms with Crippen LogP contribution in [-0.2, 0) is 9.53 Å². The molecule has 0 bridgehead atoms. The number of amides is 1. The maximum atomic E-state index is 11.7. The van der Waals surface area contributed by atoms with Gasteiger partial charge in [-0.1, -0.05) is 25.7 Å². The average molecular weight is 289 g/mol. The number of carbonyl (C=O) groups is 2. The number of aliphatic hydroxyl groups is 1. The largest absolute Gasteiger partial charge is 0.479 e. The van der Waals surface area contributed by atoms with Crippen molar-refractivity contribution in [2.45, 2.75) is 50.2 Å². The van der Waals surface area contributed by atoms with E-state index in [0.717, 1.165) is 6.04 Å². The summed E-state index contributed by atoms with van der Waals surface area (Å²) < 4.78 is 4.64. The average Bonchev–Trinajstić information content (AvgIpc) is 2.63. The summed E-state index contributed by atoms with van der Waals surface area (Å²) in [4.78, 5) is 24.6. The number of hydrogen-bond acceptors (Lipinski definition) is 4. The lowest BCUT2D eigenvalue weighted by molar-refractivity contribution is -0.149. The van der Waals surface area contributed by atoms with Gasteiger partial charge in [0.2, 0.25) is 0 Å². The molecule has 2 atom stereocenters. The molecule has 0 aromatic heterocycles. The summed E-state index contributed by atoms with van der Waals surface area (Å²) in [5.74, 6) is -1.06. The zero-order chi connectivity index (χ0) is 14.8. The number of aliphatic hydroxyl groups excluding tert-OH is 1. The lowest BCUT2D eigenvalue weighted by Crippen LogP contribution is -2.53. The van der Waals surface area contributed by atoms with Crippen molar-refractivity contribution in [1.29, 1.82) is 0 Å². The SMILES string of the molecule is COC(=O)N1CC(O)CC1(CC[Si](C)(C)C)C(=O)O. The van der Waals surface area contributed by atoms with E-state index in [1.54, 1.807) is 0 Å². The van der Waals surface area contributed by atoms with E-state index in [1.807, 2.05) is 0 Å². The summed E-state index contributed by atoms with van der Waals surface area (Å²) >= 11 is 0. The summed E-state index contributed by atoms with van der Waals surface area (Å²) in [6.45, 7) is 6.47. The highest BCUT2D eigenvalue weighted by atomic mass is 28.3. The number of carboxylic acids is 1. The molecule has 1 saturated heterocycles. The highest BCUT2D eigenvalue weighted by molar-refractivity contribution is 6.76. The fourth-order valence-corrected chi connectivity index (χ4v) is 3.60. The van der Waals surface area contributed by atoms with Crippen LogP contribution in [0.3, 0.4) is 0 Å². The molecular formula is C12H23NO5Si. The Morgan fingerprint density at radius 3 is 2.42 bits per heavy atom. The number of ether oxygens (including phenoxy) is 1. The zero-order valence-electron chi connectivity index (χ0n) is 12.0. The van der Waals surface area contributed by atoms with E-state index in [4.69, 9.17) is 0 Å². The molecule has 0 spiro atoms. The Morgan fingerprint density at radius 1 is 1.42 bits per heavy atom. The Labute approximate surface area is 114 Å². The highest BCUT2D eigenvalue weighted by Gasteiger charge is 2.54. The van der Waals surface area contributed by atoms with Crippen LogP contribution in [0.15, 0.2) is 0 Å². The number of β-amino-alcohol motifs (C(OH)–C–C–N with tert-alkyl or cyclic N) is 1. The fraction of sp³-hybridized carbons (Fsp3) is 0.833. The number of hydrogen-bond donors (Lipinski definition) is 2. The van der Waals surface area contributed by atoms with E-state index < -0.39 is 31.8 Å². The zero-order valence-corrected chi connectivity index (χ0v) is 13.0. The van der Waals surface area contributed by atoms with Gasteiger partial charge in [-0.25, -0.2) is 9.59 Å². The fourth-order valence-electron chi connectivity index (χ4n) is 2.44. The molecule has 0 aliphatic carbocycles. The third-order valence-electron chi connectivity index (χ3n) is 3.56. The van der Waals surface area contributed by atoms with Gasteiger partial charge in [0.25, 0.3) is 0 Å². The van der Waals surface area contributed by atoms with Crippen LogP contribution in [0.25, 0.3) is 0 Å². The molecule has 1 rings (SSSR count). The summed E-state index contributed by atoms with van der Waals surface area (Å²) in [7, 11) is -0.218. The van der Waals surface area contributed by atoms with Crippen molar-refractivity contribution < 1.29 is 24.5 Å². The number of carbonyl (C=O) groups excluding carboxylic acids is 1. The molecular weight excluding hydrogens is 266 g/mol. The van der Waals surface area contributed by atoms with E-state index in [1.165, 1.54) is 12.0 Å². The topological polar surface area (TPSA) is 87.1 Å². The molecule has 0 aromatic carbocycles. The van der Waals surface area contributed by atoms with Crippen LogP contribution in [0.1, 0.15) is 12.8 Å². The quantitative estimate of drug-likeness (QED) is 0.763. The molecule has 0 aromatic rings. The molecule has 1 aliphatic rings. The van der Waals surface area contributed by atoms with Gasteiger partial charge in [-0.05, 0) is 6.42 Å². The maximum absolute atomic E-state index is 11.7. The first-order valence-corrected chi connectivity index (χ1v) is 10.1. The van der Waals surface area contributed by atoms with E-state index in [9.17, 15) is 19.8 Å². The van der Waals surface area contributed by atoms with Crippen molar-refractivity contribution in [1.82, 2.24) is 4.90 Å². The Balaban J connectivity index is 3.01. The third-order valence-corrected chi connectivity index (χ3v) is 5.31. The van der Waals surface area contributed by atoms with Crippen LogP contribution in [0.4, 0.5) is 4.79 Å². The van der Waals surface area contributed by atoms with E-state index >= 15 is 0 Å². The second-order valence-electron chi connectivity index (χ2n) is 6.34. The van der Waals surface area contributed by atoms with E-state index in [-0.39, 0.29) is 13.0 Å². The van der Waals surface area contributed by atoms with Crippen LogP contribution in [0.2, 0.25) is 25.7 Å². The number of methoxy groups -OCH3 is 1. The van der Waals surface area contributed by atoms with Crippen LogP contribution in [0, 0.1) is 0 Å². The van der Waals surface area contributed by atoms with Gasteiger partial charge in [-0.3, -0.25) is 4.90 Å². The van der Waals surface area contributed by atoms with Crippen molar-refractivity contribution in [3.8, 4) is 0 Å². The molecule has 1 heterocycles. The van der Waals surface area contributed by atoms with Gasteiger partial charge < -0.3 is 14.9 Å². The van der Waals surface area contributed by atoms with E-state index in [0.29, 0.717) is 6.42 Å². The molecule has 2 N–H and O–H groups in total. The minimum absolute atomic E-state index is 0.0185. The monoisotopic (exact) mass is 289 g/mol. The summed E-state index contributed by atoms with van der Waals surface area (Å²) in [5.41, 5.74) is -1.33. The first-order valence-electron chi connectivity index (χ1n) is 6.39. The molecule has 7 heteroatoms. The van der Waals surface area contributed by atoms with Crippen molar-refractivity contribution in [3.05, 3.63) is 0 Å². The van der Waals surface area contributed by atoms with Gasteiger partial charge in [-0.15, -0.1) is 0 Å². The molecule has 19 heavy (non-hydrogen) atoms. The number of likely N-dealkylation sites (tertiary alicyclic amines) is 1. The highest BCUT2D eigenvalue weighted by Crippen LogP contribution is 2.36. The number of rotatable bonds is 4.